The van der Waals surface area contributed by atoms with Crippen molar-refractivity contribution in [2.45, 2.75) is 45.8 Å². The van der Waals surface area contributed by atoms with Gasteiger partial charge in [-0.3, -0.25) is 0 Å². The van der Waals surface area contributed by atoms with Gasteiger partial charge in [0.05, 0.1) is 0 Å². The maximum Gasteiger partial charge on any atom is 0.125 e. The van der Waals surface area contributed by atoms with Gasteiger partial charge in [0.1, 0.15) is 18.5 Å². The highest BCUT2D eigenvalue weighted by Gasteiger charge is 2.21. The summed E-state index contributed by atoms with van der Waals surface area (Å²) in [7, 11) is 0. The lowest BCUT2D eigenvalue weighted by Gasteiger charge is -2.17. The predicted molar refractivity (Wildman–Crippen MR) is 73.2 cm³/mol. The third-order valence-electron chi connectivity index (χ3n) is 3.51. The first-order chi connectivity index (χ1) is 8.58. The molecule has 1 unspecified atom stereocenters. The minimum absolute atomic E-state index is 0.352. The lowest BCUT2D eigenvalue weighted by molar-refractivity contribution is 0.105. The van der Waals surface area contributed by atoms with E-state index < -0.39 is 6.10 Å². The van der Waals surface area contributed by atoms with Crippen LogP contribution in [0, 0.1) is 20.8 Å². The minimum atomic E-state index is -0.440. The van der Waals surface area contributed by atoms with E-state index in [2.05, 4.69) is 31.3 Å². The highest BCUT2D eigenvalue weighted by atomic mass is 16.5. The molecule has 1 aliphatic carbocycles. The first-order valence-corrected chi connectivity index (χ1v) is 6.69. The molecule has 1 atom stereocenters. The second-order valence-electron chi connectivity index (χ2n) is 5.30. The second-order valence-corrected chi connectivity index (χ2v) is 5.30. The Morgan fingerprint density at radius 1 is 1.28 bits per heavy atom. The first kappa shape index (κ1) is 13.4. The van der Waals surface area contributed by atoms with Crippen molar-refractivity contribution in [3.63, 3.8) is 0 Å². The molecular formula is C15H23NO2. The molecule has 0 heterocycles. The summed E-state index contributed by atoms with van der Waals surface area (Å²) in [5, 5.41) is 13.2. The van der Waals surface area contributed by atoms with Gasteiger partial charge in [0.25, 0.3) is 0 Å². The van der Waals surface area contributed by atoms with Crippen molar-refractivity contribution < 1.29 is 9.84 Å². The predicted octanol–water partition coefficient (Wildman–Crippen LogP) is 2.10. The third kappa shape index (κ3) is 3.47. The van der Waals surface area contributed by atoms with E-state index >= 15 is 0 Å². The van der Waals surface area contributed by atoms with E-state index in [-0.39, 0.29) is 0 Å². The van der Waals surface area contributed by atoms with Gasteiger partial charge < -0.3 is 15.2 Å². The number of aliphatic hydroxyl groups is 1. The molecule has 3 heteroatoms. The van der Waals surface area contributed by atoms with E-state index in [1.54, 1.807) is 0 Å². The van der Waals surface area contributed by atoms with Crippen LogP contribution in [0.3, 0.4) is 0 Å². The average Bonchev–Trinajstić information content (AvgIpc) is 3.15. The maximum atomic E-state index is 9.85. The summed E-state index contributed by atoms with van der Waals surface area (Å²) in [6.07, 6.45) is 2.04. The van der Waals surface area contributed by atoms with Gasteiger partial charge in [-0.1, -0.05) is 12.1 Å². The van der Waals surface area contributed by atoms with Gasteiger partial charge in [0.2, 0.25) is 0 Å². The fourth-order valence-electron chi connectivity index (χ4n) is 1.98. The molecule has 0 aliphatic heterocycles. The molecule has 100 valence electrons. The van der Waals surface area contributed by atoms with Crippen LogP contribution in [-0.2, 0) is 0 Å². The highest BCUT2D eigenvalue weighted by molar-refractivity contribution is 5.44. The summed E-state index contributed by atoms with van der Waals surface area (Å²) in [6, 6.07) is 4.79. The van der Waals surface area contributed by atoms with Crippen molar-refractivity contribution in [1.82, 2.24) is 5.32 Å². The number of benzene rings is 1. The van der Waals surface area contributed by atoms with Gasteiger partial charge in [0, 0.05) is 12.6 Å². The van der Waals surface area contributed by atoms with Crippen LogP contribution in [0.2, 0.25) is 0 Å². The lowest BCUT2D eigenvalue weighted by atomic mass is 10.1. The molecule has 0 amide bonds. The Morgan fingerprint density at radius 3 is 2.61 bits per heavy atom. The summed E-state index contributed by atoms with van der Waals surface area (Å²) >= 11 is 0. The summed E-state index contributed by atoms with van der Waals surface area (Å²) in [6.45, 7) is 7.15. The number of hydrogen-bond acceptors (Lipinski definition) is 3. The number of hydrogen-bond donors (Lipinski definition) is 2. The molecule has 18 heavy (non-hydrogen) atoms. The Bertz CT molecular complexity index is 413. The quantitative estimate of drug-likeness (QED) is 0.811. The number of rotatable bonds is 6. The number of aliphatic hydroxyl groups excluding tert-OH is 1. The van der Waals surface area contributed by atoms with E-state index in [4.69, 9.17) is 4.74 Å². The fourth-order valence-corrected chi connectivity index (χ4v) is 1.98. The van der Waals surface area contributed by atoms with Crippen LogP contribution in [-0.4, -0.2) is 30.4 Å². The zero-order chi connectivity index (χ0) is 13.1. The van der Waals surface area contributed by atoms with Crippen LogP contribution >= 0.6 is 0 Å². The molecule has 1 aromatic carbocycles. The van der Waals surface area contributed by atoms with Crippen LogP contribution in [0.25, 0.3) is 0 Å². The van der Waals surface area contributed by atoms with Crippen LogP contribution in [0.15, 0.2) is 12.1 Å². The monoisotopic (exact) mass is 249 g/mol. The third-order valence-corrected chi connectivity index (χ3v) is 3.51. The lowest BCUT2D eigenvalue weighted by Crippen LogP contribution is -2.32. The van der Waals surface area contributed by atoms with Gasteiger partial charge in [-0.05, 0) is 50.3 Å². The molecule has 0 aromatic heterocycles. The normalized spacial score (nSPS) is 16.7. The fraction of sp³-hybridized carbons (Fsp3) is 0.600. The topological polar surface area (TPSA) is 41.5 Å². The van der Waals surface area contributed by atoms with Crippen molar-refractivity contribution in [1.29, 1.82) is 0 Å². The van der Waals surface area contributed by atoms with E-state index in [9.17, 15) is 5.11 Å². The van der Waals surface area contributed by atoms with Crippen LogP contribution in [0.5, 0.6) is 5.75 Å². The molecule has 1 aromatic rings. The Morgan fingerprint density at radius 2 is 1.94 bits per heavy atom. The van der Waals surface area contributed by atoms with Gasteiger partial charge in [-0.25, -0.2) is 0 Å². The average molecular weight is 249 g/mol. The van der Waals surface area contributed by atoms with Crippen molar-refractivity contribution in [3.8, 4) is 5.75 Å². The Hall–Kier alpha value is -1.06. The van der Waals surface area contributed by atoms with Crippen LogP contribution in [0.1, 0.15) is 29.5 Å². The molecule has 2 N–H and O–H groups in total. The molecule has 3 nitrogen and oxygen atoms in total. The molecule has 0 spiro atoms. The zero-order valence-corrected chi connectivity index (χ0v) is 11.5. The Balaban J connectivity index is 1.86. The van der Waals surface area contributed by atoms with Crippen molar-refractivity contribution in [3.05, 3.63) is 28.8 Å². The van der Waals surface area contributed by atoms with E-state index in [0.717, 1.165) is 16.9 Å². The molecule has 2 rings (SSSR count). The molecule has 1 aliphatic rings. The summed E-state index contributed by atoms with van der Waals surface area (Å²) < 4.78 is 5.77. The molecule has 0 radical (unpaired) electrons. The maximum absolute atomic E-state index is 9.85. The zero-order valence-electron chi connectivity index (χ0n) is 11.5. The van der Waals surface area contributed by atoms with Crippen molar-refractivity contribution in [2.75, 3.05) is 13.2 Å². The summed E-state index contributed by atoms with van der Waals surface area (Å²) in [5.41, 5.74) is 3.51. The van der Waals surface area contributed by atoms with Gasteiger partial charge in [-0.15, -0.1) is 0 Å². The molecule has 1 fully saturated rings. The van der Waals surface area contributed by atoms with E-state index in [0.29, 0.717) is 19.2 Å². The van der Waals surface area contributed by atoms with Gasteiger partial charge in [0.15, 0.2) is 0 Å². The Kier molecular flexibility index (Phi) is 4.25. The molecule has 0 bridgehead atoms. The number of nitrogens with one attached hydrogen (secondary N) is 1. The number of ether oxygens (including phenoxy) is 1. The Labute approximate surface area is 109 Å². The van der Waals surface area contributed by atoms with Crippen LogP contribution in [0.4, 0.5) is 0 Å². The second kappa shape index (κ2) is 5.72. The highest BCUT2D eigenvalue weighted by Crippen LogP contribution is 2.25. The van der Waals surface area contributed by atoms with Gasteiger partial charge >= 0.3 is 0 Å². The van der Waals surface area contributed by atoms with Crippen LogP contribution < -0.4 is 10.1 Å². The van der Waals surface area contributed by atoms with Gasteiger partial charge in [-0.2, -0.15) is 0 Å². The van der Waals surface area contributed by atoms with E-state index in [1.807, 2.05) is 6.92 Å². The molecule has 0 saturated heterocycles. The van der Waals surface area contributed by atoms with Crippen molar-refractivity contribution in [2.24, 2.45) is 0 Å². The standard InChI is InChI=1S/C15H23NO2/c1-10-4-5-11(2)15(12(10)3)18-9-14(17)8-16-13-6-7-13/h4-5,13-14,16-17H,6-9H2,1-3H3. The minimum Gasteiger partial charge on any atom is -0.490 e. The summed E-state index contributed by atoms with van der Waals surface area (Å²) in [4.78, 5) is 0. The SMILES string of the molecule is Cc1ccc(C)c(OCC(O)CNC2CC2)c1C. The smallest absolute Gasteiger partial charge is 0.125 e. The van der Waals surface area contributed by atoms with E-state index in [1.165, 1.54) is 18.4 Å². The summed E-state index contributed by atoms with van der Waals surface area (Å²) in [5.74, 6) is 0.917. The van der Waals surface area contributed by atoms with Crippen molar-refractivity contribution >= 4 is 0 Å². The number of aryl methyl sites for hydroxylation is 2. The largest absolute Gasteiger partial charge is 0.490 e. The first-order valence-electron chi connectivity index (χ1n) is 6.69. The molecule has 1 saturated carbocycles. The molecular weight excluding hydrogens is 226 g/mol.